The van der Waals surface area contributed by atoms with E-state index in [0.29, 0.717) is 16.5 Å². The molecule has 0 fully saturated rings. The third-order valence-electron chi connectivity index (χ3n) is 3.21. The van der Waals surface area contributed by atoms with Crippen LogP contribution in [-0.2, 0) is 0 Å². The van der Waals surface area contributed by atoms with Crippen LogP contribution in [0.25, 0.3) is 5.70 Å². The van der Waals surface area contributed by atoms with Crippen LogP contribution < -0.4 is 10.1 Å². The summed E-state index contributed by atoms with van der Waals surface area (Å²) in [6.45, 7) is 1.87. The van der Waals surface area contributed by atoms with Gasteiger partial charge < -0.3 is 10.1 Å². The van der Waals surface area contributed by atoms with E-state index >= 15 is 0 Å². The highest BCUT2D eigenvalue weighted by Crippen LogP contribution is 2.26. The molecule has 3 rings (SSSR count). The zero-order valence-corrected chi connectivity index (χ0v) is 11.9. The lowest BCUT2D eigenvalue weighted by Gasteiger charge is -2.08. The van der Waals surface area contributed by atoms with Crippen molar-refractivity contribution in [1.29, 1.82) is 0 Å². The third kappa shape index (κ3) is 2.62. The van der Waals surface area contributed by atoms with Crippen LogP contribution in [0.3, 0.4) is 0 Å². The lowest BCUT2D eigenvalue weighted by molar-refractivity contribution is 0.0973. The minimum Gasteiger partial charge on any atom is -0.462 e. The summed E-state index contributed by atoms with van der Waals surface area (Å²) in [5.74, 6) is -0.589. The highest BCUT2D eigenvalue weighted by molar-refractivity contribution is 6.31. The maximum Gasteiger partial charge on any atom is 0.259 e. The first-order valence-electron chi connectivity index (χ1n) is 6.29. The molecule has 0 atom stereocenters. The summed E-state index contributed by atoms with van der Waals surface area (Å²) in [5, 5.41) is 3.36. The van der Waals surface area contributed by atoms with Crippen LogP contribution in [0, 0.1) is 12.7 Å². The quantitative estimate of drug-likeness (QED) is 0.867. The molecule has 0 radical (unpaired) electrons. The predicted molar refractivity (Wildman–Crippen MR) is 78.7 cm³/mol. The number of rotatable bonds is 1. The van der Waals surface area contributed by atoms with Crippen molar-refractivity contribution in [1.82, 2.24) is 5.32 Å². The van der Waals surface area contributed by atoms with Crippen molar-refractivity contribution in [3.05, 3.63) is 70.2 Å². The van der Waals surface area contributed by atoms with Crippen molar-refractivity contribution in [2.45, 2.75) is 6.92 Å². The molecule has 106 valence electrons. The molecule has 0 bridgehead atoms. The highest BCUT2D eigenvalue weighted by Gasteiger charge is 2.19. The van der Waals surface area contributed by atoms with Crippen LogP contribution in [0.4, 0.5) is 4.39 Å². The van der Waals surface area contributed by atoms with E-state index in [4.69, 9.17) is 16.3 Å². The molecule has 2 aromatic carbocycles. The van der Waals surface area contributed by atoms with Crippen molar-refractivity contribution in [3.63, 3.8) is 0 Å². The smallest absolute Gasteiger partial charge is 0.259 e. The summed E-state index contributed by atoms with van der Waals surface area (Å²) in [4.78, 5) is 12.2. The second-order valence-corrected chi connectivity index (χ2v) is 5.12. The van der Waals surface area contributed by atoms with E-state index in [1.165, 1.54) is 18.4 Å². The predicted octanol–water partition coefficient (Wildman–Crippen LogP) is 3.91. The Morgan fingerprint density at radius 1 is 1.19 bits per heavy atom. The fourth-order valence-corrected chi connectivity index (χ4v) is 2.19. The summed E-state index contributed by atoms with van der Waals surface area (Å²) in [5.41, 5.74) is 2.30. The van der Waals surface area contributed by atoms with E-state index in [2.05, 4.69) is 5.32 Å². The van der Waals surface area contributed by atoms with Crippen LogP contribution in [0.5, 0.6) is 5.75 Å². The van der Waals surface area contributed by atoms with Gasteiger partial charge in [0.05, 0.1) is 11.3 Å². The van der Waals surface area contributed by atoms with Crippen molar-refractivity contribution in [3.8, 4) is 5.75 Å². The summed E-state index contributed by atoms with van der Waals surface area (Å²) in [6, 6.07) is 9.19. The molecule has 1 aliphatic rings. The Bertz CT molecular complexity index is 771. The molecule has 1 N–H and O–H groups in total. The first-order valence-corrected chi connectivity index (χ1v) is 6.66. The number of carbonyl (C=O) groups excluding carboxylic acids is 1. The maximum atomic E-state index is 13.3. The van der Waals surface area contributed by atoms with Crippen molar-refractivity contribution in [2.75, 3.05) is 0 Å². The van der Waals surface area contributed by atoms with Crippen molar-refractivity contribution < 1.29 is 13.9 Å². The van der Waals surface area contributed by atoms with Gasteiger partial charge in [0.1, 0.15) is 17.8 Å². The zero-order valence-electron chi connectivity index (χ0n) is 11.1. The monoisotopic (exact) mass is 303 g/mol. The van der Waals surface area contributed by atoms with E-state index in [1.807, 2.05) is 13.0 Å². The van der Waals surface area contributed by atoms with Gasteiger partial charge in [-0.25, -0.2) is 4.39 Å². The fourth-order valence-electron chi connectivity index (χ4n) is 2.08. The molecular weight excluding hydrogens is 293 g/mol. The average Bonchev–Trinajstić information content (AvgIpc) is 2.62. The second kappa shape index (κ2) is 5.22. The van der Waals surface area contributed by atoms with Gasteiger partial charge in [0, 0.05) is 10.6 Å². The number of aryl methyl sites for hydroxylation is 1. The molecule has 21 heavy (non-hydrogen) atoms. The zero-order chi connectivity index (χ0) is 15.0. The molecule has 2 aromatic rings. The van der Waals surface area contributed by atoms with E-state index in [1.54, 1.807) is 12.1 Å². The topological polar surface area (TPSA) is 38.3 Å². The normalized spacial score (nSPS) is 13.7. The summed E-state index contributed by atoms with van der Waals surface area (Å²) < 4.78 is 18.7. The highest BCUT2D eigenvalue weighted by atomic mass is 35.5. The van der Waals surface area contributed by atoms with Gasteiger partial charge in [-0.1, -0.05) is 17.7 Å². The summed E-state index contributed by atoms with van der Waals surface area (Å²) in [6.07, 6.45) is 1.43. The molecule has 1 heterocycles. The minimum atomic E-state index is -0.488. The Morgan fingerprint density at radius 3 is 2.76 bits per heavy atom. The number of hydrogen-bond acceptors (Lipinski definition) is 2. The van der Waals surface area contributed by atoms with Crippen LogP contribution in [0.15, 0.2) is 42.7 Å². The number of hydrogen-bond donors (Lipinski definition) is 1. The number of fused-ring (bicyclic) bond motifs is 1. The van der Waals surface area contributed by atoms with E-state index in [-0.39, 0.29) is 5.56 Å². The third-order valence-corrected chi connectivity index (χ3v) is 3.63. The van der Waals surface area contributed by atoms with Gasteiger partial charge in [-0.2, -0.15) is 0 Å². The molecule has 3 nitrogen and oxygen atoms in total. The Morgan fingerprint density at radius 2 is 2.00 bits per heavy atom. The lowest BCUT2D eigenvalue weighted by Crippen LogP contribution is -2.20. The Hall–Kier alpha value is -2.33. The maximum absolute atomic E-state index is 13.3. The molecule has 0 saturated heterocycles. The Kier molecular flexibility index (Phi) is 3.39. The van der Waals surface area contributed by atoms with E-state index in [0.717, 1.165) is 17.2 Å². The number of benzene rings is 2. The van der Waals surface area contributed by atoms with Gasteiger partial charge >= 0.3 is 0 Å². The van der Waals surface area contributed by atoms with Crippen LogP contribution in [0.2, 0.25) is 5.02 Å². The molecule has 0 aliphatic carbocycles. The van der Waals surface area contributed by atoms with Gasteiger partial charge in [0.15, 0.2) is 0 Å². The number of nitrogens with one attached hydrogen (secondary N) is 1. The number of halogens is 2. The number of ether oxygens (including phenoxy) is 1. The van der Waals surface area contributed by atoms with Gasteiger partial charge in [0.25, 0.3) is 5.91 Å². The second-order valence-electron chi connectivity index (χ2n) is 4.71. The van der Waals surface area contributed by atoms with Crippen LogP contribution in [0.1, 0.15) is 21.5 Å². The van der Waals surface area contributed by atoms with Crippen molar-refractivity contribution >= 4 is 23.2 Å². The molecule has 1 aliphatic heterocycles. The molecule has 0 unspecified atom stereocenters. The van der Waals surface area contributed by atoms with Crippen LogP contribution in [-0.4, -0.2) is 5.91 Å². The van der Waals surface area contributed by atoms with E-state index in [9.17, 15) is 9.18 Å². The average molecular weight is 304 g/mol. The Balaban J connectivity index is 1.99. The molecule has 1 amide bonds. The molecule has 0 saturated carbocycles. The first-order chi connectivity index (χ1) is 10.0. The van der Waals surface area contributed by atoms with Gasteiger partial charge in [-0.3, -0.25) is 4.79 Å². The van der Waals surface area contributed by atoms with Gasteiger partial charge in [-0.05, 0) is 42.8 Å². The molecule has 0 spiro atoms. The minimum absolute atomic E-state index is 0.159. The largest absolute Gasteiger partial charge is 0.462 e. The van der Waals surface area contributed by atoms with Gasteiger partial charge in [-0.15, -0.1) is 0 Å². The Labute approximate surface area is 126 Å². The number of carbonyl (C=O) groups is 1. The van der Waals surface area contributed by atoms with Gasteiger partial charge in [0.2, 0.25) is 0 Å². The lowest BCUT2D eigenvalue weighted by atomic mass is 10.1. The van der Waals surface area contributed by atoms with E-state index < -0.39 is 11.7 Å². The molecular formula is C16H11ClFNO2. The SMILES string of the molecule is Cc1cc(C2=COc3ccc(F)cc3C(=O)N2)ccc1Cl. The fraction of sp³-hybridized carbons (Fsp3) is 0.0625. The summed E-state index contributed by atoms with van der Waals surface area (Å²) in [7, 11) is 0. The molecule has 0 aromatic heterocycles. The first kappa shape index (κ1) is 13.6. The standard InChI is InChI=1S/C16H11ClFNO2/c1-9-6-10(2-4-13(9)17)14-8-21-15-5-3-11(18)7-12(15)16(20)19-14/h2-8H,1H3,(H,19,20). The van der Waals surface area contributed by atoms with Crippen LogP contribution >= 0.6 is 11.6 Å². The molecule has 5 heteroatoms. The number of amides is 1. The summed E-state index contributed by atoms with van der Waals surface area (Å²) >= 11 is 5.99. The van der Waals surface area contributed by atoms with Crippen molar-refractivity contribution in [2.24, 2.45) is 0 Å².